The largest absolute Gasteiger partial charge is 0.480 e. The van der Waals surface area contributed by atoms with Crippen LogP contribution in [0.5, 0.6) is 11.5 Å². The number of carboxylic acid groups (broad SMARTS) is 2. The fourth-order valence-electron chi connectivity index (χ4n) is 2.68. The minimum Gasteiger partial charge on any atom is -0.480 e. The predicted molar refractivity (Wildman–Crippen MR) is 119 cm³/mol. The van der Waals surface area contributed by atoms with Gasteiger partial charge in [-0.2, -0.15) is 16.8 Å². The molecule has 2 rings (SSSR count). The molecule has 0 amide bonds. The molecule has 0 aromatic heterocycles. The molecule has 2 N–H and O–H groups in total. The molecule has 0 spiro atoms. The summed E-state index contributed by atoms with van der Waals surface area (Å²) >= 11 is 0. The molecule has 0 unspecified atom stereocenters. The molecule has 35 heavy (non-hydrogen) atoms. The van der Waals surface area contributed by atoms with Crippen LogP contribution < -0.4 is 9.47 Å². The van der Waals surface area contributed by atoms with Gasteiger partial charge in [-0.1, -0.05) is 24.3 Å². The van der Waals surface area contributed by atoms with E-state index in [2.05, 4.69) is 0 Å². The van der Waals surface area contributed by atoms with Crippen molar-refractivity contribution in [2.24, 2.45) is 0 Å². The zero-order valence-corrected chi connectivity index (χ0v) is 20.0. The number of rotatable bonds is 16. The van der Waals surface area contributed by atoms with Crippen molar-refractivity contribution in [3.63, 3.8) is 0 Å². The van der Waals surface area contributed by atoms with Crippen molar-refractivity contribution in [3.8, 4) is 11.5 Å². The van der Waals surface area contributed by atoms with Crippen LogP contribution in [0.25, 0.3) is 0 Å². The first-order valence-electron chi connectivity index (χ1n) is 10.2. The van der Waals surface area contributed by atoms with Crippen LogP contribution in [0.3, 0.4) is 0 Å². The molecule has 12 nitrogen and oxygen atoms in total. The molecular formula is C21H24O12S2. The van der Waals surface area contributed by atoms with E-state index in [4.69, 9.17) is 28.1 Å². The van der Waals surface area contributed by atoms with Crippen molar-refractivity contribution in [2.75, 3.05) is 26.4 Å². The molecule has 192 valence electrons. The van der Waals surface area contributed by atoms with E-state index in [9.17, 15) is 26.4 Å². The van der Waals surface area contributed by atoms with Gasteiger partial charge in [0.2, 0.25) is 0 Å². The number of carboxylic acids is 2. The highest BCUT2D eigenvalue weighted by molar-refractivity contribution is 7.87. The highest BCUT2D eigenvalue weighted by Crippen LogP contribution is 2.26. The van der Waals surface area contributed by atoms with Crippen molar-refractivity contribution >= 4 is 32.2 Å². The third kappa shape index (κ3) is 9.16. The van der Waals surface area contributed by atoms with Gasteiger partial charge in [0.05, 0.1) is 13.2 Å². The van der Waals surface area contributed by atoms with E-state index in [1.807, 2.05) is 0 Å². The molecule has 0 aliphatic carbocycles. The number of ether oxygens (including phenoxy) is 2. The SMILES string of the molecule is O=C(O)COc1ccccc1S(=O)(=O)OCCCCCOS(=O)(=O)c1ccccc1OCC(=O)O. The molecule has 0 aliphatic heterocycles. The van der Waals surface area contributed by atoms with Gasteiger partial charge >= 0.3 is 32.2 Å². The minimum absolute atomic E-state index is 0.152. The summed E-state index contributed by atoms with van der Waals surface area (Å²) in [6.07, 6.45) is 0.900. The zero-order chi connectivity index (χ0) is 25.9. The maximum Gasteiger partial charge on any atom is 0.341 e. The summed E-state index contributed by atoms with van der Waals surface area (Å²) in [5.41, 5.74) is 0. The van der Waals surface area contributed by atoms with Crippen molar-refractivity contribution < 1.29 is 54.5 Å². The molecule has 0 fully saturated rings. The first kappa shape index (κ1) is 28.0. The molecule has 0 aliphatic rings. The average Bonchev–Trinajstić information content (AvgIpc) is 2.81. The number of hydrogen-bond acceptors (Lipinski definition) is 10. The summed E-state index contributed by atoms with van der Waals surface area (Å²) in [4.78, 5) is 20.7. The maximum atomic E-state index is 12.4. The molecule has 0 saturated carbocycles. The van der Waals surface area contributed by atoms with Gasteiger partial charge in [0.25, 0.3) is 0 Å². The Hall–Kier alpha value is -3.20. The van der Waals surface area contributed by atoms with Gasteiger partial charge in [-0.05, 0) is 43.5 Å². The molecule has 2 aromatic rings. The number of hydrogen-bond donors (Lipinski definition) is 2. The standard InChI is InChI=1S/C21H24O12S2/c22-20(23)14-30-16-8-2-4-10-18(16)34(26,27)32-12-6-1-7-13-33-35(28,29)19-11-5-3-9-17(19)31-15-21(24)25/h2-5,8-11H,1,6-7,12-15H2,(H,22,23)(H,24,25). The summed E-state index contributed by atoms with van der Waals surface area (Å²) in [5.74, 6) is -2.83. The highest BCUT2D eigenvalue weighted by atomic mass is 32.2. The van der Waals surface area contributed by atoms with Crippen LogP contribution in [-0.2, 0) is 38.2 Å². The number of unbranched alkanes of at least 4 members (excludes halogenated alkanes) is 2. The second kappa shape index (κ2) is 13.0. The Balaban J connectivity index is 1.81. The van der Waals surface area contributed by atoms with E-state index in [0.29, 0.717) is 6.42 Å². The van der Waals surface area contributed by atoms with Crippen LogP contribution in [0.15, 0.2) is 58.3 Å². The van der Waals surface area contributed by atoms with Gasteiger partial charge in [0, 0.05) is 0 Å². The predicted octanol–water partition coefficient (Wildman–Crippen LogP) is 1.89. The number of carbonyl (C=O) groups is 2. The molecule has 14 heteroatoms. The van der Waals surface area contributed by atoms with Gasteiger partial charge in [-0.15, -0.1) is 0 Å². The van der Waals surface area contributed by atoms with E-state index in [0.717, 1.165) is 0 Å². The Morgan fingerprint density at radius 3 is 1.37 bits per heavy atom. The van der Waals surface area contributed by atoms with Gasteiger partial charge in [-0.3, -0.25) is 8.37 Å². The molecule has 2 aromatic carbocycles. The number of aliphatic carboxylic acids is 2. The van der Waals surface area contributed by atoms with Crippen LogP contribution in [-0.4, -0.2) is 65.4 Å². The van der Waals surface area contributed by atoms with E-state index in [1.165, 1.54) is 48.5 Å². The molecule has 0 heterocycles. The Morgan fingerprint density at radius 1 is 0.629 bits per heavy atom. The topological polar surface area (TPSA) is 180 Å². The molecule has 0 atom stereocenters. The lowest BCUT2D eigenvalue weighted by Gasteiger charge is -2.11. The monoisotopic (exact) mass is 532 g/mol. The van der Waals surface area contributed by atoms with Crippen LogP contribution in [0, 0.1) is 0 Å². The number of benzene rings is 2. The summed E-state index contributed by atoms with van der Waals surface area (Å²) in [7, 11) is -8.42. The van der Waals surface area contributed by atoms with Crippen molar-refractivity contribution in [1.82, 2.24) is 0 Å². The molecule has 0 radical (unpaired) electrons. The third-order valence-corrected chi connectivity index (χ3v) is 6.91. The van der Waals surface area contributed by atoms with Crippen LogP contribution in [0.2, 0.25) is 0 Å². The minimum atomic E-state index is -4.21. The first-order valence-corrected chi connectivity index (χ1v) is 13.0. The highest BCUT2D eigenvalue weighted by Gasteiger charge is 2.22. The zero-order valence-electron chi connectivity index (χ0n) is 18.4. The van der Waals surface area contributed by atoms with Crippen LogP contribution in [0.4, 0.5) is 0 Å². The molecule has 0 bridgehead atoms. The Labute approximate surface area is 202 Å². The lowest BCUT2D eigenvalue weighted by molar-refractivity contribution is -0.140. The van der Waals surface area contributed by atoms with Crippen molar-refractivity contribution in [3.05, 3.63) is 48.5 Å². The van der Waals surface area contributed by atoms with Gasteiger partial charge in [0.15, 0.2) is 13.2 Å². The fourth-order valence-corrected chi connectivity index (χ4v) is 4.84. The fraction of sp³-hybridized carbons (Fsp3) is 0.333. The van der Waals surface area contributed by atoms with Crippen LogP contribution >= 0.6 is 0 Å². The Bertz CT molecular complexity index is 1130. The summed E-state index contributed by atoms with van der Waals surface area (Å²) in [6.45, 7) is -1.83. The van der Waals surface area contributed by atoms with Gasteiger partial charge < -0.3 is 19.7 Å². The summed E-state index contributed by atoms with van der Waals surface area (Å²) in [5, 5.41) is 17.4. The first-order chi connectivity index (χ1) is 16.5. The Kier molecular flexibility index (Phi) is 10.4. The third-order valence-electron chi connectivity index (χ3n) is 4.20. The van der Waals surface area contributed by atoms with E-state index < -0.39 is 45.4 Å². The van der Waals surface area contributed by atoms with Gasteiger partial charge in [-0.25, -0.2) is 9.59 Å². The summed E-state index contributed by atoms with van der Waals surface area (Å²) < 4.78 is 69.5. The summed E-state index contributed by atoms with van der Waals surface area (Å²) in [6, 6.07) is 10.9. The molecular weight excluding hydrogens is 508 g/mol. The lowest BCUT2D eigenvalue weighted by atomic mass is 10.2. The van der Waals surface area contributed by atoms with Crippen molar-refractivity contribution in [2.45, 2.75) is 29.1 Å². The maximum absolute atomic E-state index is 12.4. The number of para-hydroxylation sites is 2. The second-order valence-corrected chi connectivity index (χ2v) is 10.0. The van der Waals surface area contributed by atoms with E-state index in [-0.39, 0.29) is 47.3 Å². The Morgan fingerprint density at radius 2 is 1.00 bits per heavy atom. The van der Waals surface area contributed by atoms with E-state index in [1.54, 1.807) is 0 Å². The average molecular weight is 533 g/mol. The van der Waals surface area contributed by atoms with E-state index >= 15 is 0 Å². The quantitative estimate of drug-likeness (QED) is 0.237. The molecule has 0 saturated heterocycles. The van der Waals surface area contributed by atoms with Crippen molar-refractivity contribution in [1.29, 1.82) is 0 Å². The normalized spacial score (nSPS) is 11.7. The lowest BCUT2D eigenvalue weighted by Crippen LogP contribution is -2.14. The smallest absolute Gasteiger partial charge is 0.341 e. The van der Waals surface area contributed by atoms with Crippen LogP contribution in [0.1, 0.15) is 19.3 Å². The van der Waals surface area contributed by atoms with Gasteiger partial charge in [0.1, 0.15) is 21.3 Å². The second-order valence-electron chi connectivity index (χ2n) is 6.87.